The Balaban J connectivity index is 3.03. The maximum atomic E-state index is 11.8. The first-order valence-electron chi connectivity index (χ1n) is 5.84. The van der Waals surface area contributed by atoms with Crippen molar-refractivity contribution < 1.29 is 9.72 Å². The van der Waals surface area contributed by atoms with Gasteiger partial charge in [-0.05, 0) is 12.5 Å². The van der Waals surface area contributed by atoms with Crippen molar-refractivity contribution in [3.8, 4) is 0 Å². The number of benzene rings is 1. The molecular weight excluding hydrogens is 232 g/mol. The summed E-state index contributed by atoms with van der Waals surface area (Å²) in [6, 6.07) is 4.77. The minimum Gasteiger partial charge on any atom is -0.325 e. The van der Waals surface area contributed by atoms with E-state index in [1.54, 1.807) is 32.9 Å². The highest BCUT2D eigenvalue weighted by atomic mass is 16.6. The molecule has 0 atom stereocenters. The molecule has 0 fully saturated rings. The second-order valence-electron chi connectivity index (χ2n) is 5.16. The first-order valence-corrected chi connectivity index (χ1v) is 5.84. The molecule has 0 saturated heterocycles. The average molecular weight is 250 g/mol. The van der Waals surface area contributed by atoms with E-state index in [1.165, 1.54) is 6.07 Å². The van der Waals surface area contributed by atoms with Gasteiger partial charge in [0, 0.05) is 22.7 Å². The summed E-state index contributed by atoms with van der Waals surface area (Å²) in [6.07, 6.45) is 0.587. The Morgan fingerprint density at radius 3 is 2.44 bits per heavy atom. The fourth-order valence-electron chi connectivity index (χ4n) is 1.43. The van der Waals surface area contributed by atoms with Crippen molar-refractivity contribution in [2.24, 2.45) is 5.41 Å². The molecule has 0 aromatic heterocycles. The number of nitrogens with zero attached hydrogens (tertiary/aromatic N) is 1. The summed E-state index contributed by atoms with van der Waals surface area (Å²) < 4.78 is 0. The number of nitro benzene ring substituents is 1. The summed E-state index contributed by atoms with van der Waals surface area (Å²) in [4.78, 5) is 22.3. The number of amides is 1. The van der Waals surface area contributed by atoms with Crippen LogP contribution in [0, 0.1) is 15.5 Å². The summed E-state index contributed by atoms with van der Waals surface area (Å²) in [5.74, 6) is -0.166. The standard InChI is InChI=1S/C13H18N2O3/c1-5-9-6-7-10(8-11(9)15(17)18)14-12(16)13(2,3)4/h6-8H,5H2,1-4H3,(H,14,16). The monoisotopic (exact) mass is 250 g/mol. The molecule has 1 aromatic carbocycles. The molecule has 0 bridgehead atoms. The lowest BCUT2D eigenvalue weighted by Gasteiger charge is -2.17. The van der Waals surface area contributed by atoms with Gasteiger partial charge in [0.15, 0.2) is 0 Å². The third kappa shape index (κ3) is 3.29. The zero-order valence-electron chi connectivity index (χ0n) is 11.1. The predicted molar refractivity (Wildman–Crippen MR) is 70.6 cm³/mol. The number of carbonyl (C=O) groups is 1. The smallest absolute Gasteiger partial charge is 0.274 e. The highest BCUT2D eigenvalue weighted by molar-refractivity contribution is 5.94. The Hall–Kier alpha value is -1.91. The van der Waals surface area contributed by atoms with E-state index in [-0.39, 0.29) is 11.6 Å². The van der Waals surface area contributed by atoms with E-state index in [0.717, 1.165) is 0 Å². The minimum absolute atomic E-state index is 0.0456. The molecule has 5 nitrogen and oxygen atoms in total. The largest absolute Gasteiger partial charge is 0.325 e. The summed E-state index contributed by atoms with van der Waals surface area (Å²) in [7, 11) is 0. The molecule has 5 heteroatoms. The number of carbonyl (C=O) groups excluding carboxylic acids is 1. The number of rotatable bonds is 3. The zero-order chi connectivity index (χ0) is 13.9. The Bertz CT molecular complexity index is 476. The molecule has 0 unspecified atom stereocenters. The summed E-state index contributed by atoms with van der Waals surface area (Å²) >= 11 is 0. The van der Waals surface area contributed by atoms with Gasteiger partial charge in [-0.25, -0.2) is 0 Å². The third-order valence-electron chi connectivity index (χ3n) is 2.60. The molecule has 0 heterocycles. The molecule has 1 aromatic rings. The normalized spacial score (nSPS) is 11.1. The van der Waals surface area contributed by atoms with Gasteiger partial charge in [0.1, 0.15) is 0 Å². The first-order chi connectivity index (χ1) is 8.25. The molecule has 0 saturated carbocycles. The van der Waals surface area contributed by atoms with Gasteiger partial charge < -0.3 is 5.32 Å². The lowest BCUT2D eigenvalue weighted by Crippen LogP contribution is -2.27. The molecular formula is C13H18N2O3. The van der Waals surface area contributed by atoms with Crippen LogP contribution >= 0.6 is 0 Å². The topological polar surface area (TPSA) is 72.2 Å². The highest BCUT2D eigenvalue weighted by Crippen LogP contribution is 2.25. The lowest BCUT2D eigenvalue weighted by atomic mass is 9.95. The Morgan fingerprint density at radius 2 is 2.00 bits per heavy atom. The van der Waals surface area contributed by atoms with Crippen molar-refractivity contribution >= 4 is 17.3 Å². The summed E-state index contributed by atoms with van der Waals surface area (Å²) in [6.45, 7) is 7.22. The van der Waals surface area contributed by atoms with Crippen molar-refractivity contribution in [1.82, 2.24) is 0 Å². The van der Waals surface area contributed by atoms with Crippen LogP contribution in [0.4, 0.5) is 11.4 Å². The number of aryl methyl sites for hydroxylation is 1. The molecule has 98 valence electrons. The fourth-order valence-corrected chi connectivity index (χ4v) is 1.43. The van der Waals surface area contributed by atoms with Crippen LogP contribution in [-0.2, 0) is 11.2 Å². The van der Waals surface area contributed by atoms with Crippen molar-refractivity contribution in [3.05, 3.63) is 33.9 Å². The molecule has 0 spiro atoms. The Kier molecular flexibility index (Phi) is 4.06. The average Bonchev–Trinajstić information content (AvgIpc) is 2.27. The Morgan fingerprint density at radius 1 is 1.39 bits per heavy atom. The SMILES string of the molecule is CCc1ccc(NC(=O)C(C)(C)C)cc1[N+](=O)[O-]. The van der Waals surface area contributed by atoms with E-state index >= 15 is 0 Å². The highest BCUT2D eigenvalue weighted by Gasteiger charge is 2.22. The van der Waals surface area contributed by atoms with E-state index in [1.807, 2.05) is 6.92 Å². The molecule has 18 heavy (non-hydrogen) atoms. The summed E-state index contributed by atoms with van der Waals surface area (Å²) in [5.41, 5.74) is 0.634. The van der Waals surface area contributed by atoms with Gasteiger partial charge >= 0.3 is 0 Å². The van der Waals surface area contributed by atoms with E-state index < -0.39 is 10.3 Å². The van der Waals surface area contributed by atoms with Crippen LogP contribution in [0.3, 0.4) is 0 Å². The van der Waals surface area contributed by atoms with Crippen LogP contribution in [-0.4, -0.2) is 10.8 Å². The molecule has 0 aliphatic heterocycles. The van der Waals surface area contributed by atoms with Gasteiger partial charge in [-0.15, -0.1) is 0 Å². The molecule has 1 rings (SSSR count). The van der Waals surface area contributed by atoms with Crippen LogP contribution in [0.5, 0.6) is 0 Å². The van der Waals surface area contributed by atoms with Crippen molar-refractivity contribution in [1.29, 1.82) is 0 Å². The van der Waals surface area contributed by atoms with Gasteiger partial charge in [0.2, 0.25) is 5.91 Å². The van der Waals surface area contributed by atoms with E-state index in [0.29, 0.717) is 17.7 Å². The first kappa shape index (κ1) is 14.2. The quantitative estimate of drug-likeness (QED) is 0.661. The second-order valence-corrected chi connectivity index (χ2v) is 5.16. The maximum absolute atomic E-state index is 11.8. The molecule has 1 N–H and O–H groups in total. The Labute approximate surface area is 106 Å². The van der Waals surface area contributed by atoms with Crippen LogP contribution in [0.25, 0.3) is 0 Å². The van der Waals surface area contributed by atoms with Crippen LogP contribution in [0.1, 0.15) is 33.3 Å². The van der Waals surface area contributed by atoms with Crippen molar-refractivity contribution in [2.45, 2.75) is 34.1 Å². The van der Waals surface area contributed by atoms with Gasteiger partial charge in [0.05, 0.1) is 4.92 Å². The van der Waals surface area contributed by atoms with Crippen molar-refractivity contribution in [2.75, 3.05) is 5.32 Å². The summed E-state index contributed by atoms with van der Waals surface area (Å²) in [5, 5.41) is 13.6. The second kappa shape index (κ2) is 5.16. The maximum Gasteiger partial charge on any atom is 0.274 e. The zero-order valence-corrected chi connectivity index (χ0v) is 11.1. The number of hydrogen-bond donors (Lipinski definition) is 1. The van der Waals surface area contributed by atoms with Crippen molar-refractivity contribution in [3.63, 3.8) is 0 Å². The predicted octanol–water partition coefficient (Wildman–Crippen LogP) is 3.14. The minimum atomic E-state index is -0.530. The number of hydrogen-bond acceptors (Lipinski definition) is 3. The van der Waals surface area contributed by atoms with Crippen LogP contribution in [0.2, 0.25) is 0 Å². The number of nitrogens with one attached hydrogen (secondary N) is 1. The fraction of sp³-hybridized carbons (Fsp3) is 0.462. The lowest BCUT2D eigenvalue weighted by molar-refractivity contribution is -0.385. The third-order valence-corrected chi connectivity index (χ3v) is 2.60. The van der Waals surface area contributed by atoms with Crippen LogP contribution in [0.15, 0.2) is 18.2 Å². The molecule has 1 amide bonds. The van der Waals surface area contributed by atoms with Gasteiger partial charge in [-0.3, -0.25) is 14.9 Å². The van der Waals surface area contributed by atoms with Gasteiger partial charge in [-0.2, -0.15) is 0 Å². The number of anilines is 1. The molecule has 0 aliphatic rings. The number of nitro groups is 1. The van der Waals surface area contributed by atoms with Crippen LogP contribution < -0.4 is 5.32 Å². The molecule has 0 aliphatic carbocycles. The van der Waals surface area contributed by atoms with E-state index in [4.69, 9.17) is 0 Å². The van der Waals surface area contributed by atoms with Gasteiger partial charge in [0.25, 0.3) is 5.69 Å². The van der Waals surface area contributed by atoms with Gasteiger partial charge in [-0.1, -0.05) is 33.8 Å². The molecule has 0 radical (unpaired) electrons. The van der Waals surface area contributed by atoms with E-state index in [9.17, 15) is 14.9 Å². The van der Waals surface area contributed by atoms with E-state index in [2.05, 4.69) is 5.32 Å².